The predicted octanol–water partition coefficient (Wildman–Crippen LogP) is 5.18. The summed E-state index contributed by atoms with van der Waals surface area (Å²) in [5, 5.41) is 6.83. The minimum Gasteiger partial charge on any atom is -0.468 e. The number of fused-ring (bicyclic) bond motifs is 1. The Hall–Kier alpha value is -3.84. The highest BCUT2D eigenvalue weighted by atomic mass is 16.6. The van der Waals surface area contributed by atoms with E-state index in [4.69, 9.17) is 9.47 Å². The number of nitrogens with zero attached hydrogens (tertiary/aromatic N) is 1. The number of anilines is 1. The van der Waals surface area contributed by atoms with E-state index in [2.05, 4.69) is 33.7 Å². The van der Waals surface area contributed by atoms with Crippen LogP contribution in [0.4, 0.5) is 10.5 Å². The van der Waals surface area contributed by atoms with Gasteiger partial charge < -0.3 is 20.1 Å². The third-order valence-corrected chi connectivity index (χ3v) is 6.55. The molecule has 1 aliphatic heterocycles. The van der Waals surface area contributed by atoms with Crippen LogP contribution in [0.5, 0.6) is 0 Å². The van der Waals surface area contributed by atoms with Crippen LogP contribution in [0, 0.1) is 0 Å². The van der Waals surface area contributed by atoms with Gasteiger partial charge in [-0.1, -0.05) is 78.9 Å². The number of esters is 1. The van der Waals surface area contributed by atoms with Crippen molar-refractivity contribution in [1.29, 1.82) is 0 Å². The summed E-state index contributed by atoms with van der Waals surface area (Å²) in [6.07, 6.45) is 0.110. The second-order valence-electron chi connectivity index (χ2n) is 10.6. The second kappa shape index (κ2) is 12.1. The molecule has 0 spiro atoms. The molecule has 1 amide bonds. The fourth-order valence-electron chi connectivity index (χ4n) is 4.93. The number of rotatable bonds is 7. The second-order valence-corrected chi connectivity index (χ2v) is 10.6. The first-order valence-electron chi connectivity index (χ1n) is 13.0. The Morgan fingerprint density at radius 1 is 0.974 bits per heavy atom. The van der Waals surface area contributed by atoms with Gasteiger partial charge in [0.05, 0.1) is 31.8 Å². The standard InChI is InChI=1S/C31H37N3O4/c1-31(2,3)38-30(36)33-26(19-22-13-7-5-8-14-22)27-20-34(21-28(35)37-4)29(23-15-9-6-10-16-23)24-17-11-12-18-25(24)32-27/h5-18,26-27,29,32H,19-21H2,1-4H3,(H,33,36)/t26-,27+,29-/m0/s1. The Morgan fingerprint density at radius 2 is 1.61 bits per heavy atom. The van der Waals surface area contributed by atoms with Crippen LogP contribution in [0.2, 0.25) is 0 Å². The number of carbonyl (C=O) groups is 2. The maximum Gasteiger partial charge on any atom is 0.407 e. The molecule has 0 aromatic heterocycles. The summed E-state index contributed by atoms with van der Waals surface area (Å²) in [5.74, 6) is -0.316. The van der Waals surface area contributed by atoms with Gasteiger partial charge in [-0.15, -0.1) is 0 Å². The number of alkyl carbamates (subject to hydrolysis) is 1. The molecule has 0 saturated carbocycles. The van der Waals surface area contributed by atoms with E-state index in [1.807, 2.05) is 87.5 Å². The molecule has 1 heterocycles. The van der Waals surface area contributed by atoms with Crippen molar-refractivity contribution in [1.82, 2.24) is 10.2 Å². The lowest BCUT2D eigenvalue weighted by atomic mass is 9.96. The molecule has 0 aliphatic carbocycles. The first kappa shape index (κ1) is 27.2. The van der Waals surface area contributed by atoms with Gasteiger partial charge in [0.2, 0.25) is 0 Å². The van der Waals surface area contributed by atoms with Gasteiger partial charge in [0.1, 0.15) is 5.60 Å². The highest BCUT2D eigenvalue weighted by Gasteiger charge is 2.36. The van der Waals surface area contributed by atoms with Gasteiger partial charge in [-0.05, 0) is 49.9 Å². The maximum absolute atomic E-state index is 13.0. The van der Waals surface area contributed by atoms with E-state index in [9.17, 15) is 9.59 Å². The van der Waals surface area contributed by atoms with Crippen molar-refractivity contribution in [3.63, 3.8) is 0 Å². The van der Waals surface area contributed by atoms with E-state index in [0.29, 0.717) is 13.0 Å². The van der Waals surface area contributed by atoms with Gasteiger partial charge in [-0.3, -0.25) is 9.69 Å². The quantitative estimate of drug-likeness (QED) is 0.422. The van der Waals surface area contributed by atoms with Crippen LogP contribution in [0.1, 0.15) is 43.5 Å². The Morgan fingerprint density at radius 3 is 2.26 bits per heavy atom. The Kier molecular flexibility index (Phi) is 8.69. The van der Waals surface area contributed by atoms with E-state index in [1.165, 1.54) is 7.11 Å². The van der Waals surface area contributed by atoms with Crippen molar-refractivity contribution in [2.24, 2.45) is 0 Å². The van der Waals surface area contributed by atoms with Crippen LogP contribution < -0.4 is 10.6 Å². The van der Waals surface area contributed by atoms with Crippen LogP contribution in [-0.2, 0) is 20.7 Å². The van der Waals surface area contributed by atoms with Crippen LogP contribution in [0.15, 0.2) is 84.9 Å². The zero-order valence-electron chi connectivity index (χ0n) is 22.5. The van der Waals surface area contributed by atoms with Crippen molar-refractivity contribution in [2.75, 3.05) is 25.5 Å². The first-order chi connectivity index (χ1) is 18.2. The zero-order chi connectivity index (χ0) is 27.1. The number of ether oxygens (including phenoxy) is 2. The smallest absolute Gasteiger partial charge is 0.407 e. The molecule has 0 saturated heterocycles. The van der Waals surface area contributed by atoms with Crippen LogP contribution in [0.3, 0.4) is 0 Å². The molecule has 0 fully saturated rings. The summed E-state index contributed by atoms with van der Waals surface area (Å²) in [6.45, 7) is 6.13. The number of hydrogen-bond acceptors (Lipinski definition) is 6. The third kappa shape index (κ3) is 7.13. The highest BCUT2D eigenvalue weighted by Crippen LogP contribution is 2.37. The first-order valence-corrected chi connectivity index (χ1v) is 13.0. The molecule has 200 valence electrons. The van der Waals surface area contributed by atoms with Crippen molar-refractivity contribution in [2.45, 2.75) is 50.9 Å². The highest BCUT2D eigenvalue weighted by molar-refractivity contribution is 5.72. The van der Waals surface area contributed by atoms with E-state index < -0.39 is 11.7 Å². The molecule has 7 nitrogen and oxygen atoms in total. The van der Waals surface area contributed by atoms with Crippen molar-refractivity contribution in [3.05, 3.63) is 102 Å². The summed E-state index contributed by atoms with van der Waals surface area (Å²) >= 11 is 0. The molecular formula is C31H37N3O4. The van der Waals surface area contributed by atoms with E-state index in [0.717, 1.165) is 22.4 Å². The van der Waals surface area contributed by atoms with Gasteiger partial charge in [0.25, 0.3) is 0 Å². The van der Waals surface area contributed by atoms with E-state index in [-0.39, 0.29) is 30.6 Å². The average Bonchev–Trinajstić information content (AvgIpc) is 3.05. The molecule has 3 atom stereocenters. The molecule has 3 aromatic carbocycles. The normalized spacial score (nSPS) is 18.3. The van der Waals surface area contributed by atoms with Crippen LogP contribution in [0.25, 0.3) is 0 Å². The molecule has 2 N–H and O–H groups in total. The molecule has 0 radical (unpaired) electrons. The fourth-order valence-corrected chi connectivity index (χ4v) is 4.93. The lowest BCUT2D eigenvalue weighted by molar-refractivity contribution is -0.142. The summed E-state index contributed by atoms with van der Waals surface area (Å²) < 4.78 is 10.7. The fraction of sp³-hybridized carbons (Fsp3) is 0.355. The SMILES string of the molecule is COC(=O)CN1C[C@H]([C@H](Cc2ccccc2)NC(=O)OC(C)(C)C)Nc2ccccc2[C@@H]1c1ccccc1. The molecular weight excluding hydrogens is 478 g/mol. The molecule has 4 rings (SSSR count). The van der Waals surface area contributed by atoms with Gasteiger partial charge in [-0.2, -0.15) is 0 Å². The third-order valence-electron chi connectivity index (χ3n) is 6.55. The summed E-state index contributed by atoms with van der Waals surface area (Å²) in [6, 6.07) is 27.6. The summed E-state index contributed by atoms with van der Waals surface area (Å²) in [7, 11) is 1.41. The van der Waals surface area contributed by atoms with Gasteiger partial charge in [0, 0.05) is 12.2 Å². The monoisotopic (exact) mass is 515 g/mol. The Labute approximate surface area is 225 Å². The molecule has 38 heavy (non-hydrogen) atoms. The van der Waals surface area contributed by atoms with Gasteiger partial charge >= 0.3 is 12.1 Å². The Balaban J connectivity index is 1.75. The molecule has 1 aliphatic rings. The number of carbonyl (C=O) groups excluding carboxylic acids is 2. The number of amides is 1. The lowest BCUT2D eigenvalue weighted by Crippen LogP contribution is -2.53. The number of methoxy groups -OCH3 is 1. The van der Waals surface area contributed by atoms with Crippen molar-refractivity contribution in [3.8, 4) is 0 Å². The predicted molar refractivity (Wildman–Crippen MR) is 149 cm³/mol. The molecule has 7 heteroatoms. The number of nitrogens with one attached hydrogen (secondary N) is 2. The van der Waals surface area contributed by atoms with Crippen LogP contribution >= 0.6 is 0 Å². The molecule has 3 aromatic rings. The lowest BCUT2D eigenvalue weighted by Gasteiger charge is -2.34. The summed E-state index contributed by atoms with van der Waals surface area (Å²) in [4.78, 5) is 27.7. The largest absolute Gasteiger partial charge is 0.468 e. The minimum absolute atomic E-state index is 0.104. The van der Waals surface area contributed by atoms with E-state index in [1.54, 1.807) is 0 Å². The number of benzene rings is 3. The molecule has 0 bridgehead atoms. The number of hydrogen-bond donors (Lipinski definition) is 2. The number of para-hydroxylation sites is 1. The minimum atomic E-state index is -0.625. The van der Waals surface area contributed by atoms with E-state index >= 15 is 0 Å². The van der Waals surface area contributed by atoms with Crippen molar-refractivity contribution >= 4 is 17.7 Å². The van der Waals surface area contributed by atoms with Gasteiger partial charge in [0.15, 0.2) is 0 Å². The Bertz CT molecular complexity index is 1210. The summed E-state index contributed by atoms with van der Waals surface area (Å²) in [5.41, 5.74) is 3.56. The topological polar surface area (TPSA) is 79.9 Å². The molecule has 0 unspecified atom stereocenters. The zero-order valence-corrected chi connectivity index (χ0v) is 22.5. The van der Waals surface area contributed by atoms with Crippen molar-refractivity contribution < 1.29 is 19.1 Å². The maximum atomic E-state index is 13.0. The van der Waals surface area contributed by atoms with Crippen LogP contribution in [-0.4, -0.2) is 54.8 Å². The average molecular weight is 516 g/mol. The van der Waals surface area contributed by atoms with Gasteiger partial charge in [-0.25, -0.2) is 4.79 Å².